The van der Waals surface area contributed by atoms with E-state index in [2.05, 4.69) is 0 Å². The smallest absolute Gasteiger partial charge is 0.410 e. The summed E-state index contributed by atoms with van der Waals surface area (Å²) < 4.78 is 10.6. The second-order valence-corrected chi connectivity index (χ2v) is 4.02. The van der Waals surface area contributed by atoms with Crippen molar-refractivity contribution in [2.24, 2.45) is 0 Å². The average molecular weight is 235 g/mol. The fourth-order valence-corrected chi connectivity index (χ4v) is 1.74. The van der Waals surface area contributed by atoms with Crippen molar-refractivity contribution < 1.29 is 14.3 Å². The van der Waals surface area contributed by atoms with E-state index in [9.17, 15) is 4.79 Å². The van der Waals surface area contributed by atoms with Crippen LogP contribution in [0, 0.1) is 0 Å². The number of amides is 1. The minimum Gasteiger partial charge on any atom is -0.445 e. The van der Waals surface area contributed by atoms with Gasteiger partial charge in [0.1, 0.15) is 6.61 Å². The molecule has 1 amide bonds. The molecular weight excluding hydrogens is 218 g/mol. The van der Waals surface area contributed by atoms with Crippen LogP contribution in [0.4, 0.5) is 4.79 Å². The molecular formula is C13H17NO3. The van der Waals surface area contributed by atoms with Crippen molar-refractivity contribution in [2.75, 3.05) is 19.7 Å². The molecule has 4 heteroatoms. The molecule has 0 unspecified atom stereocenters. The first-order chi connectivity index (χ1) is 8.29. The molecule has 0 aromatic heterocycles. The molecule has 1 aromatic rings. The summed E-state index contributed by atoms with van der Waals surface area (Å²) in [4.78, 5) is 13.3. The van der Waals surface area contributed by atoms with E-state index in [0.29, 0.717) is 26.3 Å². The lowest BCUT2D eigenvalue weighted by atomic mass is 10.2. The van der Waals surface area contributed by atoms with Gasteiger partial charge in [-0.05, 0) is 12.5 Å². The maximum atomic E-state index is 11.6. The molecule has 17 heavy (non-hydrogen) atoms. The van der Waals surface area contributed by atoms with Crippen LogP contribution >= 0.6 is 0 Å². The number of hydrogen-bond donors (Lipinski definition) is 0. The molecule has 1 aliphatic heterocycles. The largest absolute Gasteiger partial charge is 0.445 e. The number of hydrogen-bond acceptors (Lipinski definition) is 3. The number of likely N-dealkylation sites (tertiary alicyclic amines) is 1. The Bertz CT molecular complexity index is 360. The van der Waals surface area contributed by atoms with Gasteiger partial charge in [-0.25, -0.2) is 4.79 Å². The van der Waals surface area contributed by atoms with Crippen LogP contribution in [0.1, 0.15) is 12.5 Å². The number of nitrogens with zero attached hydrogens (tertiary/aromatic N) is 1. The molecule has 92 valence electrons. The lowest BCUT2D eigenvalue weighted by Gasteiger charge is -2.37. The second kappa shape index (κ2) is 5.68. The molecule has 2 rings (SSSR count). The predicted octanol–water partition coefficient (Wildman–Crippen LogP) is 2.04. The highest BCUT2D eigenvalue weighted by molar-refractivity contribution is 5.68. The normalized spacial score (nSPS) is 15.5. The van der Waals surface area contributed by atoms with Crippen LogP contribution in [0.15, 0.2) is 30.3 Å². The summed E-state index contributed by atoms with van der Waals surface area (Å²) in [6.07, 6.45) is -0.0749. The molecule has 1 aliphatic rings. The molecule has 1 aromatic carbocycles. The Morgan fingerprint density at radius 3 is 2.71 bits per heavy atom. The van der Waals surface area contributed by atoms with Gasteiger partial charge in [0.15, 0.2) is 0 Å². The van der Waals surface area contributed by atoms with E-state index < -0.39 is 0 Å². The van der Waals surface area contributed by atoms with Crippen LogP contribution in [0.25, 0.3) is 0 Å². The predicted molar refractivity (Wildman–Crippen MR) is 63.6 cm³/mol. The highest BCUT2D eigenvalue weighted by atomic mass is 16.6. The van der Waals surface area contributed by atoms with E-state index in [1.54, 1.807) is 4.90 Å². The van der Waals surface area contributed by atoms with E-state index >= 15 is 0 Å². The third-order valence-electron chi connectivity index (χ3n) is 2.71. The van der Waals surface area contributed by atoms with Crippen LogP contribution in [0.3, 0.4) is 0 Å². The standard InChI is InChI=1S/C13H17NO3/c1-2-16-12-8-14(9-12)13(15)17-10-11-6-4-3-5-7-11/h3-7,12H,2,8-10H2,1H3. The summed E-state index contributed by atoms with van der Waals surface area (Å²) in [5, 5.41) is 0. The fraction of sp³-hybridized carbons (Fsp3) is 0.462. The Morgan fingerprint density at radius 1 is 1.35 bits per heavy atom. The van der Waals surface area contributed by atoms with Gasteiger partial charge in [-0.3, -0.25) is 0 Å². The first kappa shape index (κ1) is 11.9. The summed E-state index contributed by atoms with van der Waals surface area (Å²) in [7, 11) is 0. The van der Waals surface area contributed by atoms with E-state index in [4.69, 9.17) is 9.47 Å². The number of benzene rings is 1. The van der Waals surface area contributed by atoms with Gasteiger partial charge in [-0.2, -0.15) is 0 Å². The summed E-state index contributed by atoms with van der Waals surface area (Å²) in [6.45, 7) is 4.26. The summed E-state index contributed by atoms with van der Waals surface area (Å²) in [5.41, 5.74) is 1.00. The molecule has 0 bridgehead atoms. The maximum Gasteiger partial charge on any atom is 0.410 e. The van der Waals surface area contributed by atoms with E-state index in [1.165, 1.54) is 0 Å². The minimum absolute atomic E-state index is 0.185. The van der Waals surface area contributed by atoms with Gasteiger partial charge >= 0.3 is 6.09 Å². The fourth-order valence-electron chi connectivity index (χ4n) is 1.74. The Kier molecular flexibility index (Phi) is 3.98. The molecule has 0 spiro atoms. The quantitative estimate of drug-likeness (QED) is 0.801. The molecule has 1 saturated heterocycles. The lowest BCUT2D eigenvalue weighted by Crippen LogP contribution is -2.54. The van der Waals surface area contributed by atoms with Gasteiger partial charge in [-0.15, -0.1) is 0 Å². The van der Waals surface area contributed by atoms with Crippen LogP contribution in [-0.2, 0) is 16.1 Å². The third kappa shape index (κ3) is 3.20. The first-order valence-corrected chi connectivity index (χ1v) is 5.87. The Hall–Kier alpha value is -1.55. The van der Waals surface area contributed by atoms with Crippen molar-refractivity contribution in [3.05, 3.63) is 35.9 Å². The van der Waals surface area contributed by atoms with Gasteiger partial charge in [0.2, 0.25) is 0 Å². The maximum absolute atomic E-state index is 11.6. The Morgan fingerprint density at radius 2 is 2.06 bits per heavy atom. The molecule has 0 saturated carbocycles. The van der Waals surface area contributed by atoms with Crippen LogP contribution < -0.4 is 0 Å². The number of ether oxygens (including phenoxy) is 2. The molecule has 0 radical (unpaired) electrons. The topological polar surface area (TPSA) is 38.8 Å². The van der Waals surface area contributed by atoms with Gasteiger partial charge in [-0.1, -0.05) is 30.3 Å². The van der Waals surface area contributed by atoms with Crippen molar-refractivity contribution >= 4 is 6.09 Å². The Labute approximate surface area is 101 Å². The SMILES string of the molecule is CCOC1CN(C(=O)OCc2ccccc2)C1. The van der Waals surface area contributed by atoms with Crippen LogP contribution in [-0.4, -0.2) is 36.8 Å². The molecule has 4 nitrogen and oxygen atoms in total. The monoisotopic (exact) mass is 235 g/mol. The Balaban J connectivity index is 1.69. The lowest BCUT2D eigenvalue weighted by molar-refractivity contribution is -0.0463. The molecule has 1 heterocycles. The van der Waals surface area contributed by atoms with Crippen LogP contribution in [0.2, 0.25) is 0 Å². The summed E-state index contributed by atoms with van der Waals surface area (Å²) in [6, 6.07) is 9.67. The second-order valence-electron chi connectivity index (χ2n) is 4.02. The van der Waals surface area contributed by atoms with E-state index in [1.807, 2.05) is 37.3 Å². The van der Waals surface area contributed by atoms with Crippen molar-refractivity contribution in [1.29, 1.82) is 0 Å². The third-order valence-corrected chi connectivity index (χ3v) is 2.71. The average Bonchev–Trinajstić information content (AvgIpc) is 2.31. The highest BCUT2D eigenvalue weighted by Crippen LogP contribution is 2.13. The number of carbonyl (C=O) groups is 1. The van der Waals surface area contributed by atoms with Crippen molar-refractivity contribution in [1.82, 2.24) is 4.90 Å². The van der Waals surface area contributed by atoms with Gasteiger partial charge in [0, 0.05) is 6.61 Å². The zero-order valence-electron chi connectivity index (χ0n) is 9.96. The number of rotatable bonds is 4. The van der Waals surface area contributed by atoms with E-state index in [0.717, 1.165) is 5.56 Å². The summed E-state index contributed by atoms with van der Waals surface area (Å²) in [5.74, 6) is 0. The molecule has 1 fully saturated rings. The van der Waals surface area contributed by atoms with Crippen molar-refractivity contribution in [3.63, 3.8) is 0 Å². The first-order valence-electron chi connectivity index (χ1n) is 5.87. The minimum atomic E-state index is -0.259. The molecule has 0 N–H and O–H groups in total. The van der Waals surface area contributed by atoms with Gasteiger partial charge in [0.05, 0.1) is 19.2 Å². The van der Waals surface area contributed by atoms with Gasteiger partial charge in [0.25, 0.3) is 0 Å². The van der Waals surface area contributed by atoms with E-state index in [-0.39, 0.29) is 12.2 Å². The zero-order valence-corrected chi connectivity index (χ0v) is 9.96. The van der Waals surface area contributed by atoms with Gasteiger partial charge < -0.3 is 14.4 Å². The number of carbonyl (C=O) groups excluding carboxylic acids is 1. The van der Waals surface area contributed by atoms with Crippen LogP contribution in [0.5, 0.6) is 0 Å². The highest BCUT2D eigenvalue weighted by Gasteiger charge is 2.31. The van der Waals surface area contributed by atoms with Crippen molar-refractivity contribution in [3.8, 4) is 0 Å². The van der Waals surface area contributed by atoms with Crippen molar-refractivity contribution in [2.45, 2.75) is 19.6 Å². The zero-order chi connectivity index (χ0) is 12.1. The molecule has 0 aliphatic carbocycles. The molecule has 0 atom stereocenters. The summed E-state index contributed by atoms with van der Waals surface area (Å²) >= 11 is 0.